The molecule has 0 aliphatic carbocycles. The van der Waals surface area contributed by atoms with Crippen LogP contribution in [0.4, 0.5) is 17.1 Å². The molecule has 266 valence electrons. The first-order chi connectivity index (χ1) is 24.6. The van der Waals surface area contributed by atoms with Crippen LogP contribution in [0.15, 0.2) is 65.9 Å². The lowest BCUT2D eigenvalue weighted by Gasteiger charge is -2.20. The van der Waals surface area contributed by atoms with Gasteiger partial charge < -0.3 is 39.8 Å². The van der Waals surface area contributed by atoms with E-state index in [0.29, 0.717) is 65.8 Å². The summed E-state index contributed by atoms with van der Waals surface area (Å²) >= 11 is 0. The van der Waals surface area contributed by atoms with Gasteiger partial charge in [-0.1, -0.05) is 12.1 Å². The second-order valence-electron chi connectivity index (χ2n) is 12.9. The highest BCUT2D eigenvalue weighted by atomic mass is 16.5. The number of hydrogen-bond acceptors (Lipinski definition) is 7. The summed E-state index contributed by atoms with van der Waals surface area (Å²) in [6.07, 6.45) is 8.49. The van der Waals surface area contributed by atoms with Gasteiger partial charge in [0.05, 0.1) is 29.6 Å². The number of aryl methyl sites for hydroxylation is 3. The van der Waals surface area contributed by atoms with Gasteiger partial charge in [-0.2, -0.15) is 0 Å². The molecule has 2 aliphatic heterocycles. The van der Waals surface area contributed by atoms with Gasteiger partial charge in [0.1, 0.15) is 17.1 Å². The lowest BCUT2D eigenvalue weighted by atomic mass is 10.1. The molecule has 1 saturated heterocycles. The number of aliphatic hydroxyl groups is 1. The van der Waals surface area contributed by atoms with E-state index in [-0.39, 0.29) is 42.7 Å². The van der Waals surface area contributed by atoms with Gasteiger partial charge in [0, 0.05) is 76.1 Å². The standard InChI is InChI=1S/C38H43N7O6/c1-24-17-30-31(40-21-29-7-4-14-45(29)38(30)50)20-34(24)51-16-5-8-35(47)41-28-19-33(44(3)23-28)37(49)42-27-11-9-25(10-12-27)26-18-32(43(2)22-26)36(48)39-13-6-15-46/h9-12,17-23,29,46H,4-8,13-16H2,1-3H3,(H,39,48)(H,41,47)(H,42,49). The molecule has 0 saturated carbocycles. The molecule has 2 aromatic carbocycles. The Hall–Kier alpha value is -5.69. The minimum atomic E-state index is -0.330. The van der Waals surface area contributed by atoms with Crippen molar-refractivity contribution in [3.63, 3.8) is 0 Å². The molecule has 13 nitrogen and oxygen atoms in total. The first kappa shape index (κ1) is 35.1. The number of amides is 4. The van der Waals surface area contributed by atoms with Crippen LogP contribution in [0.25, 0.3) is 11.1 Å². The van der Waals surface area contributed by atoms with E-state index in [9.17, 15) is 19.2 Å². The number of fused-ring (bicyclic) bond motifs is 2. The monoisotopic (exact) mass is 693 g/mol. The average Bonchev–Trinajstić information content (AvgIpc) is 3.83. The molecule has 2 aromatic heterocycles. The molecule has 4 aromatic rings. The zero-order valence-electron chi connectivity index (χ0n) is 29.1. The predicted octanol–water partition coefficient (Wildman–Crippen LogP) is 4.82. The normalized spacial score (nSPS) is 14.9. The first-order valence-corrected chi connectivity index (χ1v) is 17.2. The second kappa shape index (κ2) is 15.5. The van der Waals surface area contributed by atoms with Gasteiger partial charge in [-0.25, -0.2) is 0 Å². The van der Waals surface area contributed by atoms with E-state index >= 15 is 0 Å². The van der Waals surface area contributed by atoms with Crippen molar-refractivity contribution in [2.45, 2.75) is 45.1 Å². The average molecular weight is 694 g/mol. The predicted molar refractivity (Wildman–Crippen MR) is 195 cm³/mol. The van der Waals surface area contributed by atoms with Crippen molar-refractivity contribution in [3.8, 4) is 16.9 Å². The van der Waals surface area contributed by atoms with Crippen molar-refractivity contribution >= 4 is 46.9 Å². The number of carbonyl (C=O) groups is 4. The topological polar surface area (TPSA) is 159 Å². The van der Waals surface area contributed by atoms with E-state index in [4.69, 9.17) is 9.84 Å². The second-order valence-corrected chi connectivity index (χ2v) is 12.9. The van der Waals surface area contributed by atoms with Crippen LogP contribution in [0.5, 0.6) is 5.75 Å². The highest BCUT2D eigenvalue weighted by molar-refractivity contribution is 6.05. The number of carbonyl (C=O) groups excluding carboxylic acids is 4. The maximum Gasteiger partial charge on any atom is 0.272 e. The number of ether oxygens (including phenoxy) is 1. The number of nitrogens with one attached hydrogen (secondary N) is 3. The third kappa shape index (κ3) is 8.04. The number of hydrogen-bond donors (Lipinski definition) is 4. The summed E-state index contributed by atoms with van der Waals surface area (Å²) in [6.45, 7) is 3.37. The molecule has 1 atom stereocenters. The molecule has 0 radical (unpaired) electrons. The third-order valence-electron chi connectivity index (χ3n) is 9.13. The number of aromatic nitrogens is 2. The molecule has 0 bridgehead atoms. The molecular formula is C38H43N7O6. The molecule has 51 heavy (non-hydrogen) atoms. The summed E-state index contributed by atoms with van der Waals surface area (Å²) in [6, 6.07) is 14.4. The SMILES string of the molecule is Cc1cc2c(cc1OCCCC(=O)Nc1cc(C(=O)Nc3ccc(-c4cc(C(=O)NCCCO)n(C)c4)cc3)n(C)c1)N=CC1CCCN1C2=O. The van der Waals surface area contributed by atoms with Gasteiger partial charge in [0.2, 0.25) is 5.91 Å². The van der Waals surface area contributed by atoms with E-state index < -0.39 is 0 Å². The van der Waals surface area contributed by atoms with Crippen LogP contribution < -0.4 is 20.7 Å². The quantitative estimate of drug-likeness (QED) is 0.147. The maximum atomic E-state index is 13.1. The maximum absolute atomic E-state index is 13.1. The lowest BCUT2D eigenvalue weighted by Crippen LogP contribution is -2.35. The minimum Gasteiger partial charge on any atom is -0.493 e. The van der Waals surface area contributed by atoms with Crippen LogP contribution >= 0.6 is 0 Å². The smallest absolute Gasteiger partial charge is 0.272 e. The fourth-order valence-corrected chi connectivity index (χ4v) is 6.39. The number of aliphatic hydroxyl groups excluding tert-OH is 1. The number of aliphatic imine (C=N–C) groups is 1. The molecule has 4 amide bonds. The van der Waals surface area contributed by atoms with Gasteiger partial charge in [-0.05, 0) is 74.1 Å². The molecule has 6 rings (SSSR count). The van der Waals surface area contributed by atoms with Crippen molar-refractivity contribution in [2.75, 3.05) is 36.9 Å². The number of rotatable bonds is 13. The van der Waals surface area contributed by atoms with Gasteiger partial charge in [0.15, 0.2) is 0 Å². The van der Waals surface area contributed by atoms with Gasteiger partial charge in [0.25, 0.3) is 17.7 Å². The van der Waals surface area contributed by atoms with E-state index in [2.05, 4.69) is 20.9 Å². The van der Waals surface area contributed by atoms with Gasteiger partial charge in [-0.3, -0.25) is 24.2 Å². The van der Waals surface area contributed by atoms with E-state index in [0.717, 1.165) is 36.1 Å². The Morgan fingerprint density at radius 3 is 2.47 bits per heavy atom. The van der Waals surface area contributed by atoms with Crippen molar-refractivity contribution in [3.05, 3.63) is 83.4 Å². The highest BCUT2D eigenvalue weighted by Crippen LogP contribution is 2.34. The highest BCUT2D eigenvalue weighted by Gasteiger charge is 2.32. The van der Waals surface area contributed by atoms with Crippen molar-refractivity contribution < 1.29 is 29.0 Å². The minimum absolute atomic E-state index is 0.00515. The number of benzene rings is 2. The molecule has 0 spiro atoms. The third-order valence-corrected chi connectivity index (χ3v) is 9.13. The van der Waals surface area contributed by atoms with Crippen molar-refractivity contribution in [1.82, 2.24) is 19.4 Å². The Balaban J connectivity index is 0.980. The van der Waals surface area contributed by atoms with Gasteiger partial charge in [-0.15, -0.1) is 0 Å². The molecule has 1 fully saturated rings. The summed E-state index contributed by atoms with van der Waals surface area (Å²) in [4.78, 5) is 57.8. The number of anilines is 2. The first-order valence-electron chi connectivity index (χ1n) is 17.2. The van der Waals surface area contributed by atoms with Crippen LogP contribution in [0, 0.1) is 6.92 Å². The molecule has 4 N–H and O–H groups in total. The Morgan fingerprint density at radius 1 is 0.922 bits per heavy atom. The summed E-state index contributed by atoms with van der Waals surface area (Å²) in [7, 11) is 3.53. The van der Waals surface area contributed by atoms with Gasteiger partial charge >= 0.3 is 0 Å². The van der Waals surface area contributed by atoms with E-state index in [1.165, 1.54) is 0 Å². The van der Waals surface area contributed by atoms with Crippen LogP contribution in [0.1, 0.15) is 69.0 Å². The molecule has 2 aliphatic rings. The summed E-state index contributed by atoms with van der Waals surface area (Å²) in [5.74, 6) is -0.100. The zero-order chi connectivity index (χ0) is 36.1. The lowest BCUT2D eigenvalue weighted by molar-refractivity contribution is -0.116. The van der Waals surface area contributed by atoms with Crippen LogP contribution in [-0.2, 0) is 18.9 Å². The van der Waals surface area contributed by atoms with E-state index in [1.807, 2.05) is 42.4 Å². The largest absolute Gasteiger partial charge is 0.493 e. The molecule has 4 heterocycles. The van der Waals surface area contributed by atoms with Crippen LogP contribution in [-0.4, -0.2) is 81.3 Å². The van der Waals surface area contributed by atoms with Crippen molar-refractivity contribution in [1.29, 1.82) is 0 Å². The van der Waals surface area contributed by atoms with Crippen LogP contribution in [0.2, 0.25) is 0 Å². The van der Waals surface area contributed by atoms with E-state index in [1.54, 1.807) is 59.8 Å². The fourth-order valence-electron chi connectivity index (χ4n) is 6.39. The Kier molecular flexibility index (Phi) is 10.7. The molecular weight excluding hydrogens is 650 g/mol. The molecule has 1 unspecified atom stereocenters. The number of nitrogens with zero attached hydrogens (tertiary/aromatic N) is 4. The van der Waals surface area contributed by atoms with Crippen LogP contribution in [0.3, 0.4) is 0 Å². The summed E-state index contributed by atoms with van der Waals surface area (Å²) in [5.41, 5.74) is 5.75. The Labute approximate surface area is 296 Å². The fraction of sp³-hybridized carbons (Fsp3) is 0.342. The Morgan fingerprint density at radius 2 is 1.69 bits per heavy atom. The zero-order valence-corrected chi connectivity index (χ0v) is 29.1. The Bertz CT molecular complexity index is 1980. The summed E-state index contributed by atoms with van der Waals surface area (Å²) in [5, 5.41) is 17.5. The van der Waals surface area contributed by atoms with Crippen molar-refractivity contribution in [2.24, 2.45) is 19.1 Å². The molecule has 13 heteroatoms. The summed E-state index contributed by atoms with van der Waals surface area (Å²) < 4.78 is 9.39.